The number of hydrogen-bond acceptors (Lipinski definition) is 2. The number of carbonyl (C=O) groups excluding carboxylic acids is 2. The van der Waals surface area contributed by atoms with E-state index in [2.05, 4.69) is 10.6 Å². The Labute approximate surface area is 201 Å². The van der Waals surface area contributed by atoms with Crippen LogP contribution in [0.5, 0.6) is 0 Å². The van der Waals surface area contributed by atoms with E-state index in [0.717, 1.165) is 0 Å². The number of rotatable bonds is 6. The number of hydrogen-bond donors (Lipinski definition) is 2. The lowest BCUT2D eigenvalue weighted by molar-refractivity contribution is -0.117. The van der Waals surface area contributed by atoms with Crippen LogP contribution in [0.2, 0.25) is 20.1 Å². The summed E-state index contributed by atoms with van der Waals surface area (Å²) in [6.07, 6.45) is 0. The van der Waals surface area contributed by atoms with Gasteiger partial charge in [0, 0.05) is 22.5 Å². The van der Waals surface area contributed by atoms with E-state index in [4.69, 9.17) is 69.6 Å². The SMILES string of the molecule is O=C(NCCF)c1cc(NC(=O)[C@@H]2[C@@H](c3cc(Cl)cc(Cl)c3)C2(Cl)Cl)c(Cl)cc1Cl. The van der Waals surface area contributed by atoms with Crippen LogP contribution in [0.25, 0.3) is 0 Å². The van der Waals surface area contributed by atoms with Gasteiger partial charge in [0.15, 0.2) is 0 Å². The van der Waals surface area contributed by atoms with Gasteiger partial charge in [-0.1, -0.05) is 46.4 Å². The highest BCUT2D eigenvalue weighted by Gasteiger charge is 2.67. The van der Waals surface area contributed by atoms with Gasteiger partial charge in [-0.15, -0.1) is 23.2 Å². The molecule has 4 nitrogen and oxygen atoms in total. The number of benzene rings is 2. The smallest absolute Gasteiger partial charge is 0.252 e. The van der Waals surface area contributed by atoms with Crippen LogP contribution in [-0.2, 0) is 4.79 Å². The molecule has 0 heterocycles. The van der Waals surface area contributed by atoms with Crippen molar-refractivity contribution in [2.75, 3.05) is 18.5 Å². The molecule has 0 unspecified atom stereocenters. The van der Waals surface area contributed by atoms with Gasteiger partial charge in [0.2, 0.25) is 5.91 Å². The van der Waals surface area contributed by atoms with Crippen molar-refractivity contribution in [2.45, 2.75) is 10.3 Å². The molecule has 0 radical (unpaired) electrons. The summed E-state index contributed by atoms with van der Waals surface area (Å²) in [7, 11) is 0. The summed E-state index contributed by atoms with van der Waals surface area (Å²) in [5.41, 5.74) is 0.781. The average molecular weight is 533 g/mol. The predicted molar refractivity (Wildman–Crippen MR) is 121 cm³/mol. The molecule has 0 bridgehead atoms. The number of nitrogens with one attached hydrogen (secondary N) is 2. The lowest BCUT2D eigenvalue weighted by Gasteiger charge is -2.11. The first kappa shape index (κ1) is 23.7. The van der Waals surface area contributed by atoms with Crippen molar-refractivity contribution in [3.8, 4) is 0 Å². The molecule has 3 rings (SSSR count). The summed E-state index contributed by atoms with van der Waals surface area (Å²) < 4.78 is 10.9. The van der Waals surface area contributed by atoms with E-state index in [1.165, 1.54) is 12.1 Å². The van der Waals surface area contributed by atoms with Crippen molar-refractivity contribution in [1.29, 1.82) is 0 Å². The second kappa shape index (κ2) is 9.27. The molecule has 1 aliphatic carbocycles. The second-order valence-electron chi connectivity index (χ2n) is 6.58. The van der Waals surface area contributed by atoms with Crippen molar-refractivity contribution in [3.63, 3.8) is 0 Å². The molecule has 1 saturated carbocycles. The highest BCUT2D eigenvalue weighted by atomic mass is 35.5. The van der Waals surface area contributed by atoms with Crippen LogP contribution in [-0.4, -0.2) is 29.4 Å². The summed E-state index contributed by atoms with van der Waals surface area (Å²) in [5.74, 6) is -2.48. The van der Waals surface area contributed by atoms with Gasteiger partial charge in [0.25, 0.3) is 5.91 Å². The van der Waals surface area contributed by atoms with Crippen LogP contribution in [0.15, 0.2) is 30.3 Å². The van der Waals surface area contributed by atoms with Crippen molar-refractivity contribution >= 4 is 87.1 Å². The lowest BCUT2D eigenvalue weighted by atomic mass is 10.1. The molecule has 11 heteroatoms. The Balaban J connectivity index is 1.83. The fourth-order valence-corrected chi connectivity index (χ4v) is 4.99. The predicted octanol–water partition coefficient (Wildman–Crippen LogP) is 6.53. The molecule has 2 amide bonds. The first-order valence-corrected chi connectivity index (χ1v) is 10.8. The monoisotopic (exact) mass is 530 g/mol. The standard InChI is InChI=1S/C19H13Cl6FN2O2/c20-9-3-8(4-10(21)5-9)15-16(19(15,24)25)18(30)28-14-6-11(12(22)7-13(14)23)17(29)27-2-1-26/h3-7,15-16H,1-2H2,(H,27,29)(H,28,30)/t15-,16+/m1/s1. The molecule has 2 aromatic rings. The average Bonchev–Trinajstić information content (AvgIpc) is 3.23. The van der Waals surface area contributed by atoms with Crippen LogP contribution in [0.1, 0.15) is 21.8 Å². The first-order chi connectivity index (χ1) is 14.1. The largest absolute Gasteiger partial charge is 0.349 e. The molecule has 1 fully saturated rings. The van der Waals surface area contributed by atoms with Crippen LogP contribution in [0, 0.1) is 5.92 Å². The van der Waals surface area contributed by atoms with E-state index < -0.39 is 34.7 Å². The number of halogens is 7. The first-order valence-electron chi connectivity index (χ1n) is 8.54. The van der Waals surface area contributed by atoms with Gasteiger partial charge in [0.1, 0.15) is 11.0 Å². The molecule has 1 aliphatic rings. The Morgan fingerprint density at radius 2 is 1.60 bits per heavy atom. The summed E-state index contributed by atoms with van der Waals surface area (Å²) in [5, 5.41) is 5.90. The molecule has 2 aromatic carbocycles. The number of anilines is 1. The van der Waals surface area contributed by atoms with Crippen molar-refractivity contribution in [2.24, 2.45) is 5.92 Å². The Hall–Kier alpha value is -0.950. The normalized spacial score (nSPS) is 19.3. The quantitative estimate of drug-likeness (QED) is 0.416. The Morgan fingerprint density at radius 1 is 0.967 bits per heavy atom. The maximum Gasteiger partial charge on any atom is 0.252 e. The van der Waals surface area contributed by atoms with Crippen LogP contribution < -0.4 is 10.6 Å². The molecule has 2 N–H and O–H groups in total. The molecule has 0 spiro atoms. The van der Waals surface area contributed by atoms with E-state index >= 15 is 0 Å². The van der Waals surface area contributed by atoms with Crippen LogP contribution >= 0.6 is 69.6 Å². The summed E-state index contributed by atoms with van der Waals surface area (Å²) in [6, 6.07) is 7.42. The van der Waals surface area contributed by atoms with Gasteiger partial charge >= 0.3 is 0 Å². The fraction of sp³-hybridized carbons (Fsp3) is 0.263. The van der Waals surface area contributed by atoms with E-state index in [0.29, 0.717) is 15.6 Å². The number of amides is 2. The van der Waals surface area contributed by atoms with Crippen molar-refractivity contribution < 1.29 is 14.0 Å². The minimum absolute atomic E-state index is 0.0294. The third-order valence-electron chi connectivity index (χ3n) is 4.52. The highest BCUT2D eigenvalue weighted by molar-refractivity contribution is 6.53. The van der Waals surface area contributed by atoms with E-state index in [1.54, 1.807) is 18.2 Å². The van der Waals surface area contributed by atoms with Gasteiger partial charge in [-0.05, 0) is 35.9 Å². The molecule has 0 saturated heterocycles. The number of alkyl halides is 3. The van der Waals surface area contributed by atoms with E-state index in [1.807, 2.05) is 0 Å². The van der Waals surface area contributed by atoms with E-state index in [9.17, 15) is 14.0 Å². The minimum atomic E-state index is -1.38. The lowest BCUT2D eigenvalue weighted by Crippen LogP contribution is -2.26. The number of carbonyl (C=O) groups is 2. The Kier molecular flexibility index (Phi) is 7.33. The summed E-state index contributed by atoms with van der Waals surface area (Å²) in [6.45, 7) is -0.906. The Morgan fingerprint density at radius 3 is 2.20 bits per heavy atom. The van der Waals surface area contributed by atoms with Gasteiger partial charge < -0.3 is 10.6 Å². The Bertz CT molecular complexity index is 997. The zero-order valence-corrected chi connectivity index (χ0v) is 19.5. The highest BCUT2D eigenvalue weighted by Crippen LogP contribution is 2.65. The third-order valence-corrected chi connectivity index (χ3v) is 6.52. The molecular formula is C19H13Cl6FN2O2. The fourth-order valence-electron chi connectivity index (χ4n) is 3.11. The van der Waals surface area contributed by atoms with Crippen molar-refractivity contribution in [3.05, 3.63) is 61.5 Å². The second-order valence-corrected chi connectivity index (χ2v) is 9.71. The minimum Gasteiger partial charge on any atom is -0.349 e. The van der Waals surface area contributed by atoms with Gasteiger partial charge in [-0.2, -0.15) is 0 Å². The third kappa shape index (κ3) is 4.93. The van der Waals surface area contributed by atoms with Crippen LogP contribution in [0.3, 0.4) is 0 Å². The molecule has 30 heavy (non-hydrogen) atoms. The molecule has 0 aromatic heterocycles. The van der Waals surface area contributed by atoms with E-state index in [-0.39, 0.29) is 27.8 Å². The molecule has 0 aliphatic heterocycles. The summed E-state index contributed by atoms with van der Waals surface area (Å²) >= 11 is 36.9. The van der Waals surface area contributed by atoms with Gasteiger partial charge in [-0.3, -0.25) is 9.59 Å². The molecule has 160 valence electrons. The maximum atomic E-state index is 12.8. The van der Waals surface area contributed by atoms with Crippen molar-refractivity contribution in [1.82, 2.24) is 5.32 Å². The topological polar surface area (TPSA) is 58.2 Å². The maximum absolute atomic E-state index is 12.8. The van der Waals surface area contributed by atoms with Crippen LogP contribution in [0.4, 0.5) is 10.1 Å². The van der Waals surface area contributed by atoms with Gasteiger partial charge in [0.05, 0.1) is 27.2 Å². The van der Waals surface area contributed by atoms with Gasteiger partial charge in [-0.25, -0.2) is 4.39 Å². The molecule has 2 atom stereocenters. The zero-order chi connectivity index (χ0) is 22.2. The molecular weight excluding hydrogens is 520 g/mol. The summed E-state index contributed by atoms with van der Waals surface area (Å²) in [4.78, 5) is 25.0. The zero-order valence-electron chi connectivity index (χ0n) is 14.9.